The summed E-state index contributed by atoms with van der Waals surface area (Å²) in [7, 11) is 0. The van der Waals surface area contributed by atoms with Crippen molar-refractivity contribution in [3.63, 3.8) is 0 Å². The Kier molecular flexibility index (Phi) is 3.87. The number of pyridine rings is 1. The summed E-state index contributed by atoms with van der Waals surface area (Å²) >= 11 is 0. The molecule has 3 amide bonds. The number of hydrogen-bond acceptors (Lipinski definition) is 3. The van der Waals surface area contributed by atoms with E-state index in [9.17, 15) is 14.0 Å². The second-order valence-corrected chi connectivity index (χ2v) is 4.93. The zero-order valence-corrected chi connectivity index (χ0v) is 11.4. The Labute approximate surface area is 116 Å². The molecule has 3 N–H and O–H groups in total. The average Bonchev–Trinajstić information content (AvgIpc) is 2.55. The van der Waals surface area contributed by atoms with E-state index in [1.54, 1.807) is 0 Å². The number of amides is 3. The summed E-state index contributed by atoms with van der Waals surface area (Å²) in [5.41, 5.74) is 5.86. The van der Waals surface area contributed by atoms with Crippen LogP contribution in [-0.2, 0) is 11.3 Å². The SMILES string of the molecule is CCC(C)C1C(=O)Nc2cncc(F)c2CN1C(N)=O. The van der Waals surface area contributed by atoms with Gasteiger partial charge in [-0.05, 0) is 5.92 Å². The first kappa shape index (κ1) is 14.2. The molecule has 0 bridgehead atoms. The van der Waals surface area contributed by atoms with Gasteiger partial charge in [-0.3, -0.25) is 9.78 Å². The zero-order chi connectivity index (χ0) is 14.9. The molecule has 6 nitrogen and oxygen atoms in total. The summed E-state index contributed by atoms with van der Waals surface area (Å²) in [6.45, 7) is 3.72. The van der Waals surface area contributed by atoms with E-state index in [0.717, 1.165) is 6.20 Å². The lowest BCUT2D eigenvalue weighted by Gasteiger charge is -2.30. The van der Waals surface area contributed by atoms with Gasteiger partial charge in [0.05, 0.1) is 24.6 Å². The van der Waals surface area contributed by atoms with Crippen molar-refractivity contribution in [1.82, 2.24) is 9.88 Å². The number of nitrogens with one attached hydrogen (secondary N) is 1. The molecule has 1 aromatic rings. The van der Waals surface area contributed by atoms with Crippen molar-refractivity contribution in [2.45, 2.75) is 32.9 Å². The smallest absolute Gasteiger partial charge is 0.315 e. The van der Waals surface area contributed by atoms with E-state index in [-0.39, 0.29) is 29.6 Å². The number of carbonyl (C=O) groups is 2. The lowest BCUT2D eigenvalue weighted by Crippen LogP contribution is -2.50. The molecule has 2 heterocycles. The van der Waals surface area contributed by atoms with Crippen LogP contribution in [-0.4, -0.2) is 27.9 Å². The molecule has 0 saturated carbocycles. The number of nitrogens with zero attached hydrogens (tertiary/aromatic N) is 2. The highest BCUT2D eigenvalue weighted by Crippen LogP contribution is 2.27. The average molecular weight is 280 g/mol. The number of rotatable bonds is 2. The number of urea groups is 1. The van der Waals surface area contributed by atoms with E-state index < -0.39 is 17.9 Å². The van der Waals surface area contributed by atoms with Crippen LogP contribution in [0, 0.1) is 11.7 Å². The molecule has 0 spiro atoms. The highest BCUT2D eigenvalue weighted by molar-refractivity contribution is 5.98. The quantitative estimate of drug-likeness (QED) is 0.859. The first-order valence-corrected chi connectivity index (χ1v) is 6.45. The van der Waals surface area contributed by atoms with Crippen molar-refractivity contribution in [2.24, 2.45) is 11.7 Å². The molecule has 0 aliphatic carbocycles. The molecule has 0 fully saturated rings. The normalized spacial score (nSPS) is 19.9. The Balaban J connectivity index is 2.48. The number of hydrogen-bond donors (Lipinski definition) is 2. The van der Waals surface area contributed by atoms with Crippen LogP contribution in [0.1, 0.15) is 25.8 Å². The topological polar surface area (TPSA) is 88.3 Å². The summed E-state index contributed by atoms with van der Waals surface area (Å²) < 4.78 is 13.8. The van der Waals surface area contributed by atoms with Crippen LogP contribution in [0.25, 0.3) is 0 Å². The molecule has 108 valence electrons. The largest absolute Gasteiger partial charge is 0.351 e. The number of aromatic nitrogens is 1. The molecular formula is C13H17FN4O2. The number of fused-ring (bicyclic) bond motifs is 1. The van der Waals surface area contributed by atoms with Gasteiger partial charge in [0, 0.05) is 5.56 Å². The van der Waals surface area contributed by atoms with Crippen LogP contribution >= 0.6 is 0 Å². The lowest BCUT2D eigenvalue weighted by molar-refractivity contribution is -0.121. The van der Waals surface area contributed by atoms with Crippen LogP contribution in [0.15, 0.2) is 12.4 Å². The zero-order valence-electron chi connectivity index (χ0n) is 11.4. The first-order chi connectivity index (χ1) is 9.45. The molecule has 2 rings (SSSR count). The van der Waals surface area contributed by atoms with Gasteiger partial charge >= 0.3 is 6.03 Å². The molecular weight excluding hydrogens is 263 g/mol. The van der Waals surface area contributed by atoms with Gasteiger partial charge in [-0.2, -0.15) is 0 Å². The Hall–Kier alpha value is -2.18. The van der Waals surface area contributed by atoms with Gasteiger partial charge in [0.1, 0.15) is 11.9 Å². The minimum Gasteiger partial charge on any atom is -0.351 e. The highest BCUT2D eigenvalue weighted by atomic mass is 19.1. The standard InChI is InChI=1S/C13H17FN4O2/c1-3-7(2)11-12(19)17-10-5-16-4-9(14)8(10)6-18(11)13(15)20/h4-5,7,11H,3,6H2,1-2H3,(H2,15,20)(H,17,19). The fourth-order valence-electron chi connectivity index (χ4n) is 2.35. The fourth-order valence-corrected chi connectivity index (χ4v) is 2.35. The molecule has 0 aromatic carbocycles. The van der Waals surface area contributed by atoms with Crippen LogP contribution in [0.5, 0.6) is 0 Å². The Bertz CT molecular complexity index is 549. The van der Waals surface area contributed by atoms with Gasteiger partial charge in [0.15, 0.2) is 0 Å². The number of carbonyl (C=O) groups excluding carboxylic acids is 2. The second-order valence-electron chi connectivity index (χ2n) is 4.93. The third-order valence-corrected chi connectivity index (χ3v) is 3.66. The maximum absolute atomic E-state index is 13.8. The fraction of sp³-hybridized carbons (Fsp3) is 0.462. The Morgan fingerprint density at radius 2 is 2.35 bits per heavy atom. The summed E-state index contributed by atoms with van der Waals surface area (Å²) in [4.78, 5) is 28.8. The first-order valence-electron chi connectivity index (χ1n) is 6.45. The van der Waals surface area contributed by atoms with Gasteiger partial charge in [-0.15, -0.1) is 0 Å². The molecule has 7 heteroatoms. The van der Waals surface area contributed by atoms with Crippen LogP contribution in [0.3, 0.4) is 0 Å². The maximum atomic E-state index is 13.8. The predicted octanol–water partition coefficient (Wildman–Crippen LogP) is 1.47. The Morgan fingerprint density at radius 1 is 1.65 bits per heavy atom. The monoisotopic (exact) mass is 280 g/mol. The van der Waals surface area contributed by atoms with Gasteiger partial charge in [-0.1, -0.05) is 20.3 Å². The van der Waals surface area contributed by atoms with E-state index in [1.165, 1.54) is 11.1 Å². The van der Waals surface area contributed by atoms with Crippen molar-refractivity contribution < 1.29 is 14.0 Å². The maximum Gasteiger partial charge on any atom is 0.315 e. The van der Waals surface area contributed by atoms with E-state index in [1.807, 2.05) is 13.8 Å². The van der Waals surface area contributed by atoms with Gasteiger partial charge in [0.25, 0.3) is 0 Å². The van der Waals surface area contributed by atoms with Crippen molar-refractivity contribution >= 4 is 17.6 Å². The molecule has 1 aliphatic heterocycles. The number of halogens is 1. The summed E-state index contributed by atoms with van der Waals surface area (Å²) in [5, 5.41) is 2.62. The van der Waals surface area contributed by atoms with Gasteiger partial charge in [-0.25, -0.2) is 9.18 Å². The van der Waals surface area contributed by atoms with E-state index in [4.69, 9.17) is 5.73 Å². The van der Waals surface area contributed by atoms with Gasteiger partial charge in [0.2, 0.25) is 5.91 Å². The summed E-state index contributed by atoms with van der Waals surface area (Å²) in [6.07, 6.45) is 3.11. The van der Waals surface area contributed by atoms with Crippen molar-refractivity contribution in [3.05, 3.63) is 23.8 Å². The molecule has 1 aliphatic rings. The van der Waals surface area contributed by atoms with Crippen molar-refractivity contribution in [1.29, 1.82) is 0 Å². The lowest BCUT2D eigenvalue weighted by atomic mass is 9.97. The third-order valence-electron chi connectivity index (χ3n) is 3.66. The van der Waals surface area contributed by atoms with Crippen molar-refractivity contribution in [3.8, 4) is 0 Å². The number of nitrogens with two attached hydrogens (primary N) is 1. The van der Waals surface area contributed by atoms with Crippen LogP contribution in [0.2, 0.25) is 0 Å². The van der Waals surface area contributed by atoms with E-state index in [0.29, 0.717) is 6.42 Å². The molecule has 0 saturated heterocycles. The minimum absolute atomic E-state index is 0.0488. The molecule has 20 heavy (non-hydrogen) atoms. The number of primary amides is 1. The second kappa shape index (κ2) is 5.44. The molecule has 1 aromatic heterocycles. The highest BCUT2D eigenvalue weighted by Gasteiger charge is 2.36. The van der Waals surface area contributed by atoms with Crippen LogP contribution < -0.4 is 11.1 Å². The molecule has 2 unspecified atom stereocenters. The Morgan fingerprint density at radius 3 is 2.95 bits per heavy atom. The summed E-state index contributed by atoms with van der Waals surface area (Å²) in [6, 6.07) is -1.46. The molecule has 2 atom stereocenters. The van der Waals surface area contributed by atoms with Gasteiger partial charge < -0.3 is 16.0 Å². The third kappa shape index (κ3) is 2.43. The predicted molar refractivity (Wildman–Crippen MR) is 71.2 cm³/mol. The van der Waals surface area contributed by atoms with Crippen LogP contribution in [0.4, 0.5) is 14.9 Å². The minimum atomic E-state index is -0.741. The number of anilines is 1. The van der Waals surface area contributed by atoms with Crippen molar-refractivity contribution in [2.75, 3.05) is 5.32 Å². The van der Waals surface area contributed by atoms with E-state index in [2.05, 4.69) is 10.3 Å². The molecule has 0 radical (unpaired) electrons. The summed E-state index contributed by atoms with van der Waals surface area (Å²) in [5.74, 6) is -1.03. The van der Waals surface area contributed by atoms with E-state index >= 15 is 0 Å².